The number of hydrogen-bond donors (Lipinski definition) is 1. The molecule has 0 spiro atoms. The molecule has 4 aliphatic rings. The van der Waals surface area contributed by atoms with Gasteiger partial charge >= 0.3 is 27.3 Å². The molecule has 0 radical (unpaired) electrons. The zero-order valence-corrected chi connectivity index (χ0v) is 13.6. The number of alkyl halides is 2. The molecule has 4 rings (SSSR count). The summed E-state index contributed by atoms with van der Waals surface area (Å²) in [5.74, 6) is -1.70. The van der Waals surface area contributed by atoms with Crippen molar-refractivity contribution in [2.24, 2.45) is 23.2 Å². The van der Waals surface area contributed by atoms with Crippen LogP contribution in [0.3, 0.4) is 0 Å². The monoisotopic (exact) mass is 368 g/mol. The highest BCUT2D eigenvalue weighted by molar-refractivity contribution is 7.87. The third-order valence-electron chi connectivity index (χ3n) is 5.56. The molecule has 24 heavy (non-hydrogen) atoms. The summed E-state index contributed by atoms with van der Waals surface area (Å²) in [7, 11) is -5.95. The van der Waals surface area contributed by atoms with E-state index in [0.717, 1.165) is 25.7 Å². The Balaban J connectivity index is 1.48. The lowest BCUT2D eigenvalue weighted by molar-refractivity contribution is -0.171. The number of carbonyl (C=O) groups is 2. The lowest BCUT2D eigenvalue weighted by Crippen LogP contribution is -2.40. The van der Waals surface area contributed by atoms with Crippen LogP contribution in [0, 0.1) is 23.2 Å². The molecule has 4 saturated carbocycles. The van der Waals surface area contributed by atoms with Gasteiger partial charge in [-0.25, -0.2) is 9.59 Å². The van der Waals surface area contributed by atoms with Crippen LogP contribution in [0.4, 0.5) is 8.78 Å². The highest BCUT2D eigenvalue weighted by Crippen LogP contribution is 2.65. The van der Waals surface area contributed by atoms with Gasteiger partial charge in [0.2, 0.25) is 0 Å². The van der Waals surface area contributed by atoms with Gasteiger partial charge in [0.25, 0.3) is 0 Å². The highest BCUT2D eigenvalue weighted by Gasteiger charge is 2.58. The maximum atomic E-state index is 13.0. The van der Waals surface area contributed by atoms with Gasteiger partial charge in [-0.2, -0.15) is 17.2 Å². The van der Waals surface area contributed by atoms with E-state index in [1.165, 1.54) is 6.42 Å². The van der Waals surface area contributed by atoms with Gasteiger partial charge in [0.15, 0.2) is 6.61 Å². The SMILES string of the molecule is O=C(COC(=O)C(F)(F)S(=O)(=O)O)OCC12CC3CC(CC1C3)C2. The summed E-state index contributed by atoms with van der Waals surface area (Å²) in [6, 6.07) is 0. The van der Waals surface area contributed by atoms with Gasteiger partial charge in [-0.3, -0.25) is 4.55 Å². The topological polar surface area (TPSA) is 107 Å². The Hall–Kier alpha value is -1.29. The summed E-state index contributed by atoms with van der Waals surface area (Å²) in [4.78, 5) is 22.6. The molecule has 2 unspecified atom stereocenters. The molecule has 136 valence electrons. The quantitative estimate of drug-likeness (QED) is 0.557. The second-order valence-electron chi connectivity index (χ2n) is 7.14. The minimum Gasteiger partial charge on any atom is -0.463 e. The van der Waals surface area contributed by atoms with Crippen LogP contribution in [-0.2, 0) is 29.2 Å². The van der Waals surface area contributed by atoms with E-state index in [4.69, 9.17) is 9.29 Å². The maximum Gasteiger partial charge on any atom is 0.465 e. The van der Waals surface area contributed by atoms with E-state index in [1.54, 1.807) is 0 Å². The second-order valence-corrected chi connectivity index (χ2v) is 8.60. The summed E-state index contributed by atoms with van der Waals surface area (Å²) in [6.45, 7) is -0.965. The molecule has 0 amide bonds. The number of hydrogen-bond acceptors (Lipinski definition) is 6. The fourth-order valence-corrected chi connectivity index (χ4v) is 5.05. The predicted molar refractivity (Wildman–Crippen MR) is 74.4 cm³/mol. The molecule has 2 atom stereocenters. The fraction of sp³-hybridized carbons (Fsp3) is 0.857. The van der Waals surface area contributed by atoms with Gasteiger partial charge in [-0.1, -0.05) is 0 Å². The first-order valence-corrected chi connectivity index (χ1v) is 9.15. The maximum absolute atomic E-state index is 13.0. The van der Waals surface area contributed by atoms with Crippen molar-refractivity contribution >= 4 is 22.1 Å². The number of halogens is 2. The van der Waals surface area contributed by atoms with Crippen LogP contribution in [-0.4, -0.2) is 43.4 Å². The van der Waals surface area contributed by atoms with Crippen molar-refractivity contribution in [3.8, 4) is 0 Å². The summed E-state index contributed by atoms with van der Waals surface area (Å²) >= 11 is 0. The zero-order chi connectivity index (χ0) is 17.8. The van der Waals surface area contributed by atoms with Crippen LogP contribution >= 0.6 is 0 Å². The van der Waals surface area contributed by atoms with Crippen LogP contribution in [0.15, 0.2) is 0 Å². The summed E-state index contributed by atoms with van der Waals surface area (Å²) in [6.07, 6.45) is 5.45. The minimum atomic E-state index is -5.95. The van der Waals surface area contributed by atoms with E-state index in [9.17, 15) is 26.8 Å². The van der Waals surface area contributed by atoms with Crippen molar-refractivity contribution < 1.29 is 40.8 Å². The van der Waals surface area contributed by atoms with Gasteiger partial charge in [0.05, 0.1) is 6.61 Å². The summed E-state index contributed by atoms with van der Waals surface area (Å²) in [5, 5.41) is -5.12. The average molecular weight is 368 g/mol. The van der Waals surface area contributed by atoms with Gasteiger partial charge < -0.3 is 9.47 Å². The fourth-order valence-electron chi connectivity index (χ4n) is 4.78. The molecule has 4 bridgehead atoms. The summed E-state index contributed by atoms with van der Waals surface area (Å²) in [5.41, 5.74) is -0.0500. The standard InChI is InChI=1S/C14H18F2O7S/c15-14(16,24(19,20)21)12(18)22-6-11(17)23-7-13-4-8-1-9(5-13)3-10(13)2-8/h8-10H,1-7H2,(H,19,20,21). The number of esters is 2. The Morgan fingerprint density at radius 2 is 1.71 bits per heavy atom. The van der Waals surface area contributed by atoms with Crippen molar-refractivity contribution in [3.05, 3.63) is 0 Å². The third kappa shape index (κ3) is 2.90. The van der Waals surface area contributed by atoms with Crippen LogP contribution in [0.1, 0.15) is 32.1 Å². The normalized spacial score (nSPS) is 34.4. The molecule has 1 N–H and O–H groups in total. The number of ether oxygens (including phenoxy) is 2. The summed E-state index contributed by atoms with van der Waals surface area (Å²) < 4.78 is 64.0. The molecule has 4 aliphatic carbocycles. The first kappa shape index (κ1) is 17.5. The molecule has 0 heterocycles. The molecule has 0 aromatic rings. The molecular weight excluding hydrogens is 350 g/mol. The lowest BCUT2D eigenvalue weighted by atomic mass is 9.76. The molecule has 10 heteroatoms. The van der Waals surface area contributed by atoms with Crippen molar-refractivity contribution in [1.29, 1.82) is 0 Å². The van der Waals surface area contributed by atoms with E-state index in [1.807, 2.05) is 0 Å². The van der Waals surface area contributed by atoms with E-state index >= 15 is 0 Å². The van der Waals surface area contributed by atoms with Crippen LogP contribution in [0.5, 0.6) is 0 Å². The molecule has 0 aliphatic heterocycles. The van der Waals surface area contributed by atoms with E-state index in [0.29, 0.717) is 17.8 Å². The molecule has 0 saturated heterocycles. The smallest absolute Gasteiger partial charge is 0.463 e. The molecular formula is C14H18F2O7S. The predicted octanol–water partition coefficient (Wildman–Crippen LogP) is 1.38. The highest BCUT2D eigenvalue weighted by atomic mass is 32.2. The van der Waals surface area contributed by atoms with Crippen LogP contribution < -0.4 is 0 Å². The molecule has 7 nitrogen and oxygen atoms in total. The Labute approximate surface area is 137 Å². The number of carbonyl (C=O) groups excluding carboxylic acids is 2. The Morgan fingerprint density at radius 1 is 1.12 bits per heavy atom. The Bertz CT molecular complexity index is 646. The van der Waals surface area contributed by atoms with Gasteiger partial charge in [-0.05, 0) is 49.9 Å². The van der Waals surface area contributed by atoms with Crippen molar-refractivity contribution in [1.82, 2.24) is 0 Å². The van der Waals surface area contributed by atoms with E-state index in [2.05, 4.69) is 4.74 Å². The molecule has 0 aromatic heterocycles. The molecule has 0 aromatic carbocycles. The third-order valence-corrected chi connectivity index (χ3v) is 6.38. The zero-order valence-electron chi connectivity index (χ0n) is 12.7. The van der Waals surface area contributed by atoms with Crippen LogP contribution in [0.25, 0.3) is 0 Å². The number of rotatable bonds is 6. The first-order valence-electron chi connectivity index (χ1n) is 7.71. The van der Waals surface area contributed by atoms with Crippen LogP contribution in [0.2, 0.25) is 0 Å². The molecule has 4 fully saturated rings. The Kier molecular flexibility index (Phi) is 4.10. The largest absolute Gasteiger partial charge is 0.465 e. The Morgan fingerprint density at radius 3 is 2.25 bits per heavy atom. The van der Waals surface area contributed by atoms with Crippen molar-refractivity contribution in [3.63, 3.8) is 0 Å². The average Bonchev–Trinajstić information content (AvgIpc) is 2.86. The van der Waals surface area contributed by atoms with Crippen molar-refractivity contribution in [2.45, 2.75) is 37.4 Å². The first-order chi connectivity index (χ1) is 11.0. The van der Waals surface area contributed by atoms with Gasteiger partial charge in [0, 0.05) is 5.41 Å². The minimum absolute atomic E-state index is 0.0500. The van der Waals surface area contributed by atoms with E-state index < -0.39 is 33.9 Å². The van der Waals surface area contributed by atoms with Gasteiger partial charge in [-0.15, -0.1) is 0 Å². The van der Waals surface area contributed by atoms with E-state index in [-0.39, 0.29) is 12.0 Å². The second kappa shape index (κ2) is 5.62. The van der Waals surface area contributed by atoms with Crippen molar-refractivity contribution in [2.75, 3.05) is 13.2 Å². The van der Waals surface area contributed by atoms with Gasteiger partial charge in [0.1, 0.15) is 0 Å². The lowest BCUT2D eigenvalue weighted by Gasteiger charge is -2.32.